The highest BCUT2D eigenvalue weighted by molar-refractivity contribution is 5.70. The number of carbonyl (C=O) groups is 2. The number of esters is 2. The minimum absolute atomic E-state index is 0.151. The highest BCUT2D eigenvalue weighted by Gasteiger charge is 2.06. The van der Waals surface area contributed by atoms with E-state index in [1.807, 2.05) is 6.08 Å². The van der Waals surface area contributed by atoms with E-state index in [0.29, 0.717) is 38.9 Å². The van der Waals surface area contributed by atoms with Crippen LogP contribution in [0.15, 0.2) is 12.7 Å². The third-order valence-corrected chi connectivity index (χ3v) is 4.09. The Morgan fingerprint density at radius 3 is 1.72 bits per heavy atom. The molecule has 0 aliphatic rings. The molecule has 0 aromatic rings. The molecule has 0 N–H and O–H groups in total. The first-order valence-electron chi connectivity index (χ1n) is 10.1. The molecule has 0 fully saturated rings. The lowest BCUT2D eigenvalue weighted by Crippen LogP contribution is -2.08. The third-order valence-electron chi connectivity index (χ3n) is 4.09. The maximum Gasteiger partial charge on any atom is 0.305 e. The maximum absolute atomic E-state index is 11.6. The third kappa shape index (κ3) is 18.9. The molecule has 4 nitrogen and oxygen atoms in total. The van der Waals surface area contributed by atoms with Gasteiger partial charge in [0.1, 0.15) is 0 Å². The molecule has 0 aliphatic heterocycles. The first kappa shape index (κ1) is 23.7. The number of ether oxygens (including phenoxy) is 2. The molecule has 0 heterocycles. The molecule has 146 valence electrons. The van der Waals surface area contributed by atoms with Crippen LogP contribution in [0.5, 0.6) is 0 Å². The van der Waals surface area contributed by atoms with E-state index in [2.05, 4.69) is 13.5 Å². The Morgan fingerprint density at radius 2 is 1.20 bits per heavy atom. The molecule has 0 atom stereocenters. The molecule has 0 amide bonds. The van der Waals surface area contributed by atoms with Crippen molar-refractivity contribution in [3.05, 3.63) is 12.7 Å². The standard InChI is InChI=1S/C21H38O4/c1-3-5-7-8-9-10-11-15-19-25-21(23)17-13-12-16-20(22)24-18-14-6-4-2/h4H,2-3,5-19H2,1H3. The van der Waals surface area contributed by atoms with Gasteiger partial charge in [-0.2, -0.15) is 0 Å². The van der Waals surface area contributed by atoms with Crippen LogP contribution in [0.3, 0.4) is 0 Å². The zero-order valence-electron chi connectivity index (χ0n) is 16.2. The lowest BCUT2D eigenvalue weighted by molar-refractivity contribution is -0.146. The van der Waals surface area contributed by atoms with Gasteiger partial charge in [0.2, 0.25) is 0 Å². The predicted octanol–water partition coefficient (Wildman–Crippen LogP) is 5.74. The Kier molecular flexibility index (Phi) is 18.0. The van der Waals surface area contributed by atoms with Crippen molar-refractivity contribution in [2.45, 2.75) is 96.8 Å². The zero-order chi connectivity index (χ0) is 18.6. The van der Waals surface area contributed by atoms with Gasteiger partial charge in [-0.3, -0.25) is 9.59 Å². The van der Waals surface area contributed by atoms with Crippen molar-refractivity contribution in [3.63, 3.8) is 0 Å². The maximum atomic E-state index is 11.6. The Labute approximate surface area is 154 Å². The second-order valence-corrected chi connectivity index (χ2v) is 6.55. The van der Waals surface area contributed by atoms with Gasteiger partial charge >= 0.3 is 11.9 Å². The smallest absolute Gasteiger partial charge is 0.305 e. The van der Waals surface area contributed by atoms with Gasteiger partial charge in [-0.05, 0) is 32.1 Å². The summed E-state index contributed by atoms with van der Waals surface area (Å²) >= 11 is 0. The Morgan fingerprint density at radius 1 is 0.720 bits per heavy atom. The van der Waals surface area contributed by atoms with Gasteiger partial charge in [-0.15, -0.1) is 6.58 Å². The molecule has 0 aromatic carbocycles. The monoisotopic (exact) mass is 354 g/mol. The molecular formula is C21H38O4. The molecule has 0 aromatic heterocycles. The van der Waals surface area contributed by atoms with Gasteiger partial charge in [0.05, 0.1) is 13.2 Å². The fourth-order valence-corrected chi connectivity index (χ4v) is 2.52. The normalized spacial score (nSPS) is 10.4. The zero-order valence-corrected chi connectivity index (χ0v) is 16.2. The molecule has 0 radical (unpaired) electrons. The molecule has 0 unspecified atom stereocenters. The summed E-state index contributed by atoms with van der Waals surface area (Å²) in [5, 5.41) is 0. The number of hydrogen-bond donors (Lipinski definition) is 0. The van der Waals surface area contributed by atoms with Crippen molar-refractivity contribution in [1.29, 1.82) is 0 Å². The fourth-order valence-electron chi connectivity index (χ4n) is 2.52. The average molecular weight is 355 g/mol. The summed E-state index contributed by atoms with van der Waals surface area (Å²) in [6.45, 7) is 6.82. The van der Waals surface area contributed by atoms with E-state index in [1.165, 1.54) is 38.5 Å². The van der Waals surface area contributed by atoms with E-state index in [4.69, 9.17) is 9.47 Å². The Balaban J connectivity index is 3.30. The van der Waals surface area contributed by atoms with Crippen molar-refractivity contribution in [1.82, 2.24) is 0 Å². The summed E-state index contributed by atoms with van der Waals surface area (Å²) in [6, 6.07) is 0. The van der Waals surface area contributed by atoms with Crippen molar-refractivity contribution < 1.29 is 19.1 Å². The Bertz CT molecular complexity index is 339. The second kappa shape index (κ2) is 19.0. The van der Waals surface area contributed by atoms with E-state index >= 15 is 0 Å². The Hall–Kier alpha value is -1.32. The molecule has 25 heavy (non-hydrogen) atoms. The first-order valence-corrected chi connectivity index (χ1v) is 10.1. The van der Waals surface area contributed by atoms with E-state index < -0.39 is 0 Å². The van der Waals surface area contributed by atoms with Crippen molar-refractivity contribution in [2.75, 3.05) is 13.2 Å². The van der Waals surface area contributed by atoms with Crippen LogP contribution >= 0.6 is 0 Å². The van der Waals surface area contributed by atoms with Crippen LogP contribution in [0, 0.1) is 0 Å². The van der Waals surface area contributed by atoms with Crippen molar-refractivity contribution in [3.8, 4) is 0 Å². The van der Waals surface area contributed by atoms with Gasteiger partial charge in [0, 0.05) is 12.8 Å². The van der Waals surface area contributed by atoms with Gasteiger partial charge < -0.3 is 9.47 Å². The summed E-state index contributed by atoms with van der Waals surface area (Å²) in [4.78, 5) is 23.0. The summed E-state index contributed by atoms with van der Waals surface area (Å²) in [5.41, 5.74) is 0. The molecular weight excluding hydrogens is 316 g/mol. The lowest BCUT2D eigenvalue weighted by atomic mass is 10.1. The number of unbranched alkanes of at least 4 members (excludes halogenated alkanes) is 9. The summed E-state index contributed by atoms with van der Waals surface area (Å²) in [5.74, 6) is -0.335. The van der Waals surface area contributed by atoms with E-state index in [1.54, 1.807) is 0 Å². The molecule has 0 saturated carbocycles. The lowest BCUT2D eigenvalue weighted by Gasteiger charge is -2.06. The van der Waals surface area contributed by atoms with Gasteiger partial charge in [0.25, 0.3) is 0 Å². The van der Waals surface area contributed by atoms with E-state index in [9.17, 15) is 9.59 Å². The van der Waals surface area contributed by atoms with Crippen LogP contribution < -0.4 is 0 Å². The fraction of sp³-hybridized carbons (Fsp3) is 0.810. The van der Waals surface area contributed by atoms with Crippen LogP contribution in [0.2, 0.25) is 0 Å². The number of hydrogen-bond acceptors (Lipinski definition) is 4. The summed E-state index contributed by atoms with van der Waals surface area (Å²) < 4.78 is 10.3. The minimum Gasteiger partial charge on any atom is -0.466 e. The largest absolute Gasteiger partial charge is 0.466 e. The molecule has 0 saturated heterocycles. The van der Waals surface area contributed by atoms with Crippen molar-refractivity contribution >= 4 is 11.9 Å². The predicted molar refractivity (Wildman–Crippen MR) is 102 cm³/mol. The van der Waals surface area contributed by atoms with Crippen LogP contribution in [0.4, 0.5) is 0 Å². The number of allylic oxidation sites excluding steroid dienone is 1. The SMILES string of the molecule is C=CCCCOC(=O)CCCCC(=O)OCCCCCCCCCC. The molecule has 4 heteroatoms. The molecule has 0 rings (SSSR count). The first-order chi connectivity index (χ1) is 12.2. The van der Waals surface area contributed by atoms with Crippen LogP contribution in [0.1, 0.15) is 96.8 Å². The highest BCUT2D eigenvalue weighted by Crippen LogP contribution is 2.09. The molecule has 0 aliphatic carbocycles. The summed E-state index contributed by atoms with van der Waals surface area (Å²) in [6.07, 6.45) is 15.5. The van der Waals surface area contributed by atoms with Gasteiger partial charge in [-0.1, -0.05) is 57.9 Å². The number of rotatable bonds is 18. The number of carbonyl (C=O) groups excluding carboxylic acids is 2. The second-order valence-electron chi connectivity index (χ2n) is 6.55. The van der Waals surface area contributed by atoms with Gasteiger partial charge in [0.15, 0.2) is 0 Å². The minimum atomic E-state index is -0.184. The van der Waals surface area contributed by atoms with Crippen molar-refractivity contribution in [2.24, 2.45) is 0 Å². The quantitative estimate of drug-likeness (QED) is 0.179. The molecule has 0 bridgehead atoms. The van der Waals surface area contributed by atoms with E-state index in [-0.39, 0.29) is 11.9 Å². The van der Waals surface area contributed by atoms with E-state index in [0.717, 1.165) is 25.7 Å². The van der Waals surface area contributed by atoms with Crippen LogP contribution in [-0.4, -0.2) is 25.2 Å². The summed E-state index contributed by atoms with van der Waals surface area (Å²) in [7, 11) is 0. The highest BCUT2D eigenvalue weighted by atomic mass is 16.5. The average Bonchev–Trinajstić information content (AvgIpc) is 2.61. The van der Waals surface area contributed by atoms with Crippen LogP contribution in [-0.2, 0) is 19.1 Å². The molecule has 0 spiro atoms. The van der Waals surface area contributed by atoms with Crippen LogP contribution in [0.25, 0.3) is 0 Å². The van der Waals surface area contributed by atoms with Gasteiger partial charge in [-0.25, -0.2) is 0 Å². The topological polar surface area (TPSA) is 52.6 Å².